The van der Waals surface area contributed by atoms with Crippen LogP contribution in [0.5, 0.6) is 0 Å². The van der Waals surface area contributed by atoms with Crippen LogP contribution in [0.4, 0.5) is 0 Å². The molecule has 0 saturated carbocycles. The van der Waals surface area contributed by atoms with E-state index in [2.05, 4.69) is 11.7 Å². The molecule has 62 valence electrons. The Morgan fingerprint density at radius 3 is 2.55 bits per heavy atom. The molecule has 1 unspecified atom stereocenters. The van der Waals surface area contributed by atoms with Crippen LogP contribution in [0.3, 0.4) is 0 Å². The molecule has 0 spiro atoms. The Morgan fingerprint density at radius 2 is 2.18 bits per heavy atom. The molecular formula is C6H12N4O. The van der Waals surface area contributed by atoms with Gasteiger partial charge in [0.25, 0.3) is 0 Å². The van der Waals surface area contributed by atoms with E-state index < -0.39 is 6.10 Å². The second kappa shape index (κ2) is 4.56. The van der Waals surface area contributed by atoms with Crippen molar-refractivity contribution in [2.45, 2.75) is 18.9 Å². The summed E-state index contributed by atoms with van der Waals surface area (Å²) in [6.45, 7) is 3.14. The van der Waals surface area contributed by atoms with Gasteiger partial charge in [-0.25, -0.2) is 4.99 Å². The fourth-order valence-corrected chi connectivity index (χ4v) is 0.508. The van der Waals surface area contributed by atoms with Gasteiger partial charge in [0.05, 0.1) is 0 Å². The third-order valence-electron chi connectivity index (χ3n) is 1.20. The molecule has 1 atom stereocenters. The largest absolute Gasteiger partial charge is 0.385 e. The molecule has 0 heterocycles. The van der Waals surface area contributed by atoms with Crippen LogP contribution in [0.15, 0.2) is 4.99 Å². The lowest BCUT2D eigenvalue weighted by molar-refractivity contribution is 0.231. The molecule has 0 aromatic rings. The zero-order chi connectivity index (χ0) is 8.85. The molecule has 0 aliphatic heterocycles. The summed E-state index contributed by atoms with van der Waals surface area (Å²) in [5.74, 6) is -0.174. The van der Waals surface area contributed by atoms with E-state index in [1.54, 1.807) is 0 Å². The van der Waals surface area contributed by atoms with E-state index in [0.29, 0.717) is 6.42 Å². The number of nitrogens with zero attached hydrogens (tertiary/aromatic N) is 1. The lowest BCUT2D eigenvalue weighted by Crippen LogP contribution is -2.27. The summed E-state index contributed by atoms with van der Waals surface area (Å²) in [6.07, 6.45) is -0.408. The molecule has 0 aliphatic rings. The molecule has 5 nitrogen and oxygen atoms in total. The number of aliphatic hydroxyl groups excluding tert-OH is 1. The molecule has 0 amide bonds. The molecule has 0 radical (unpaired) electrons. The molecule has 0 bridgehead atoms. The molecule has 0 aromatic carbocycles. The second-order valence-corrected chi connectivity index (χ2v) is 2.11. The number of rotatable bonds is 4. The fraction of sp³-hybridized carbons (Fsp3) is 0.500. The van der Waals surface area contributed by atoms with Gasteiger partial charge in [0.15, 0.2) is 0 Å². The van der Waals surface area contributed by atoms with Gasteiger partial charge in [0, 0.05) is 6.42 Å². The Bertz CT molecular complexity index is 177. The van der Waals surface area contributed by atoms with Crippen LogP contribution in [0.25, 0.3) is 0 Å². The number of aliphatic hydroxyl groups is 1. The zero-order valence-corrected chi connectivity index (χ0v) is 6.17. The first-order valence-corrected chi connectivity index (χ1v) is 3.14. The average Bonchev–Trinajstić information content (AvgIpc) is 1.99. The highest BCUT2D eigenvalue weighted by molar-refractivity contribution is 5.85. The summed E-state index contributed by atoms with van der Waals surface area (Å²) >= 11 is 0. The van der Waals surface area contributed by atoms with Crippen LogP contribution < -0.4 is 5.73 Å². The lowest BCUT2D eigenvalue weighted by Gasteiger charge is -2.06. The van der Waals surface area contributed by atoms with E-state index in [1.807, 2.05) is 0 Å². The maximum atomic E-state index is 8.96. The molecule has 11 heavy (non-hydrogen) atoms. The first kappa shape index (κ1) is 9.77. The van der Waals surface area contributed by atoms with Gasteiger partial charge >= 0.3 is 0 Å². The Morgan fingerprint density at radius 1 is 1.64 bits per heavy atom. The van der Waals surface area contributed by atoms with Gasteiger partial charge in [-0.15, -0.1) is 0 Å². The standard InChI is InChI=1S/C6H12N4O/c1-10-5(7)3-2-4(11)6(8)9/h4,7,11H,1-3H2,(H3,8,9). The van der Waals surface area contributed by atoms with E-state index >= 15 is 0 Å². The van der Waals surface area contributed by atoms with Crippen molar-refractivity contribution in [2.75, 3.05) is 0 Å². The summed E-state index contributed by atoms with van der Waals surface area (Å²) in [5, 5.41) is 22.8. The Labute approximate surface area is 65.0 Å². The maximum Gasteiger partial charge on any atom is 0.120 e. The highest BCUT2D eigenvalue weighted by Crippen LogP contribution is 1.97. The van der Waals surface area contributed by atoms with Crippen LogP contribution in [0.2, 0.25) is 0 Å². The van der Waals surface area contributed by atoms with Crippen molar-refractivity contribution >= 4 is 18.4 Å². The molecular weight excluding hydrogens is 144 g/mol. The number of aliphatic imine (C=N–C) groups is 1. The van der Waals surface area contributed by atoms with Crippen molar-refractivity contribution in [3.63, 3.8) is 0 Å². The van der Waals surface area contributed by atoms with E-state index in [1.165, 1.54) is 0 Å². The van der Waals surface area contributed by atoms with Crippen LogP contribution in [-0.4, -0.2) is 29.6 Å². The van der Waals surface area contributed by atoms with Gasteiger partial charge in [-0.2, -0.15) is 0 Å². The quantitative estimate of drug-likeness (QED) is 0.332. The minimum Gasteiger partial charge on any atom is -0.385 e. The normalized spacial score (nSPS) is 12.1. The zero-order valence-electron chi connectivity index (χ0n) is 6.17. The van der Waals surface area contributed by atoms with Gasteiger partial charge < -0.3 is 10.8 Å². The first-order chi connectivity index (χ1) is 5.07. The van der Waals surface area contributed by atoms with Crippen molar-refractivity contribution in [2.24, 2.45) is 10.7 Å². The van der Waals surface area contributed by atoms with Gasteiger partial charge in [-0.3, -0.25) is 10.8 Å². The number of hydrogen-bond acceptors (Lipinski definition) is 3. The lowest BCUT2D eigenvalue weighted by atomic mass is 10.2. The summed E-state index contributed by atoms with van der Waals surface area (Å²) in [5.41, 5.74) is 4.98. The summed E-state index contributed by atoms with van der Waals surface area (Å²) in [6, 6.07) is 0. The minimum atomic E-state index is -0.961. The summed E-state index contributed by atoms with van der Waals surface area (Å²) < 4.78 is 0. The van der Waals surface area contributed by atoms with Gasteiger partial charge in [-0.1, -0.05) is 0 Å². The second-order valence-electron chi connectivity index (χ2n) is 2.11. The van der Waals surface area contributed by atoms with Crippen LogP contribution in [0, 0.1) is 10.8 Å². The van der Waals surface area contributed by atoms with Crippen molar-refractivity contribution in [1.29, 1.82) is 10.8 Å². The Kier molecular flexibility index (Phi) is 4.05. The first-order valence-electron chi connectivity index (χ1n) is 3.14. The predicted octanol–water partition coefficient (Wildman–Crippen LogP) is -0.259. The minimum absolute atomic E-state index is 0.102. The summed E-state index contributed by atoms with van der Waals surface area (Å²) in [4.78, 5) is 3.33. The third-order valence-corrected chi connectivity index (χ3v) is 1.20. The monoisotopic (exact) mass is 156 g/mol. The van der Waals surface area contributed by atoms with E-state index in [0.717, 1.165) is 0 Å². The van der Waals surface area contributed by atoms with Crippen LogP contribution in [0.1, 0.15) is 12.8 Å². The van der Waals surface area contributed by atoms with Crippen molar-refractivity contribution < 1.29 is 5.11 Å². The molecule has 0 aliphatic carbocycles. The van der Waals surface area contributed by atoms with E-state index in [-0.39, 0.29) is 18.1 Å². The number of nitrogens with two attached hydrogens (primary N) is 1. The molecule has 0 saturated heterocycles. The average molecular weight is 156 g/mol. The summed E-state index contributed by atoms with van der Waals surface area (Å²) in [7, 11) is 0. The molecule has 0 fully saturated rings. The van der Waals surface area contributed by atoms with Crippen molar-refractivity contribution in [3.8, 4) is 0 Å². The highest BCUT2D eigenvalue weighted by atomic mass is 16.3. The van der Waals surface area contributed by atoms with Gasteiger partial charge in [-0.05, 0) is 13.1 Å². The topological polar surface area (TPSA) is 106 Å². The van der Waals surface area contributed by atoms with Crippen molar-refractivity contribution in [3.05, 3.63) is 0 Å². The molecule has 5 heteroatoms. The smallest absolute Gasteiger partial charge is 0.120 e. The number of hydrogen-bond donors (Lipinski definition) is 4. The van der Waals surface area contributed by atoms with Crippen molar-refractivity contribution in [1.82, 2.24) is 0 Å². The van der Waals surface area contributed by atoms with Gasteiger partial charge in [0.2, 0.25) is 0 Å². The third kappa shape index (κ3) is 4.21. The molecule has 0 aromatic heterocycles. The van der Waals surface area contributed by atoms with Gasteiger partial charge in [0.1, 0.15) is 17.8 Å². The molecule has 0 rings (SSSR count). The number of nitrogens with one attached hydrogen (secondary N) is 2. The number of amidine groups is 2. The van der Waals surface area contributed by atoms with Crippen LogP contribution >= 0.6 is 0 Å². The van der Waals surface area contributed by atoms with Crippen LogP contribution in [-0.2, 0) is 0 Å². The van der Waals surface area contributed by atoms with E-state index in [9.17, 15) is 0 Å². The molecule has 5 N–H and O–H groups in total. The SMILES string of the molecule is C=NC(=N)CCC(O)C(=N)N. The highest BCUT2D eigenvalue weighted by Gasteiger charge is 2.07. The fourth-order valence-electron chi connectivity index (χ4n) is 0.508. The van der Waals surface area contributed by atoms with E-state index in [4.69, 9.17) is 21.7 Å². The maximum absolute atomic E-state index is 8.96. The predicted molar refractivity (Wildman–Crippen MR) is 44.4 cm³/mol. The Balaban J connectivity index is 3.62. The Hall–Kier alpha value is -1.23.